The highest BCUT2D eigenvalue weighted by Crippen LogP contribution is 2.47. The minimum Gasteiger partial charge on any atom is -0.464 e. The first-order valence-corrected chi connectivity index (χ1v) is 9.48. The Balaban J connectivity index is 1.36. The van der Waals surface area contributed by atoms with Crippen LogP contribution in [0.4, 0.5) is 0 Å². The molecule has 2 aliphatic carbocycles. The monoisotopic (exact) mass is 349 g/mol. The lowest BCUT2D eigenvalue weighted by molar-refractivity contribution is 0.218. The fourth-order valence-electron chi connectivity index (χ4n) is 3.75. The van der Waals surface area contributed by atoms with Crippen molar-refractivity contribution in [2.24, 2.45) is 5.92 Å². The maximum Gasteiger partial charge on any atom is 0.258 e. The highest BCUT2D eigenvalue weighted by atomic mass is 16.3. The molecule has 2 aliphatic rings. The van der Waals surface area contributed by atoms with Crippen molar-refractivity contribution < 1.29 is 4.42 Å². The number of hydrogen-bond donors (Lipinski definition) is 1. The Morgan fingerprint density at radius 1 is 1.19 bits per heavy atom. The van der Waals surface area contributed by atoms with E-state index in [1.54, 1.807) is 0 Å². The fourth-order valence-corrected chi connectivity index (χ4v) is 3.75. The van der Waals surface area contributed by atoms with E-state index in [-0.39, 0.29) is 5.56 Å². The summed E-state index contributed by atoms with van der Waals surface area (Å²) < 4.78 is 6.08. The number of aromatic nitrogens is 2. The number of hydrogen-bond acceptors (Lipinski definition) is 4. The molecule has 1 aromatic carbocycles. The zero-order chi connectivity index (χ0) is 17.7. The summed E-state index contributed by atoms with van der Waals surface area (Å²) in [6.07, 6.45) is 3.64. The first kappa shape index (κ1) is 15.8. The summed E-state index contributed by atoms with van der Waals surface area (Å²) in [5.74, 6) is 4.22. The Morgan fingerprint density at radius 3 is 2.77 bits per heavy atom. The van der Waals surface area contributed by atoms with Gasteiger partial charge in [0.05, 0.1) is 24.0 Å². The van der Waals surface area contributed by atoms with Crippen LogP contribution in [0.15, 0.2) is 45.6 Å². The van der Waals surface area contributed by atoms with E-state index in [1.807, 2.05) is 24.3 Å². The third-order valence-corrected chi connectivity index (χ3v) is 5.59. The number of fused-ring (bicyclic) bond motifs is 1. The Bertz CT molecular complexity index is 1000. The lowest BCUT2D eigenvalue weighted by atomic mass is 10.2. The maximum atomic E-state index is 12.3. The zero-order valence-electron chi connectivity index (χ0n) is 14.9. The van der Waals surface area contributed by atoms with E-state index in [1.165, 1.54) is 19.3 Å². The third-order valence-electron chi connectivity index (χ3n) is 5.59. The van der Waals surface area contributed by atoms with E-state index in [9.17, 15) is 4.79 Å². The number of furan rings is 1. The summed E-state index contributed by atoms with van der Waals surface area (Å²) in [6.45, 7) is 3.67. The second-order valence-electron chi connectivity index (χ2n) is 7.79. The number of nitrogens with one attached hydrogen (secondary N) is 1. The van der Waals surface area contributed by atoms with Crippen LogP contribution in [0.25, 0.3) is 10.9 Å². The van der Waals surface area contributed by atoms with Crippen molar-refractivity contribution in [3.05, 3.63) is 64.1 Å². The van der Waals surface area contributed by atoms with Gasteiger partial charge in [-0.1, -0.05) is 19.1 Å². The van der Waals surface area contributed by atoms with Gasteiger partial charge in [0.1, 0.15) is 17.3 Å². The molecule has 5 rings (SSSR count). The average molecular weight is 349 g/mol. The van der Waals surface area contributed by atoms with Crippen LogP contribution in [0.2, 0.25) is 0 Å². The van der Waals surface area contributed by atoms with Gasteiger partial charge >= 0.3 is 0 Å². The molecule has 2 aromatic heterocycles. The van der Waals surface area contributed by atoms with Gasteiger partial charge in [0, 0.05) is 12.0 Å². The topological polar surface area (TPSA) is 62.1 Å². The summed E-state index contributed by atoms with van der Waals surface area (Å²) in [6, 6.07) is 12.3. The van der Waals surface area contributed by atoms with Crippen molar-refractivity contribution in [1.29, 1.82) is 0 Å². The minimum absolute atomic E-state index is 0.0654. The molecule has 5 heteroatoms. The predicted molar refractivity (Wildman–Crippen MR) is 99.9 cm³/mol. The number of benzene rings is 1. The standard InChI is InChI=1S/C21H23N3O2/c1-13-10-17(13)19-9-8-15(26-19)11-24(14-6-7-14)12-20-22-18-5-3-2-4-16(18)21(25)23-20/h2-5,8-9,13-14,17H,6-7,10-12H2,1H3,(H,22,23,25)/t13-,17-/m1/s1. The molecule has 0 amide bonds. The predicted octanol–water partition coefficient (Wildman–Crippen LogP) is 3.80. The second kappa shape index (κ2) is 6.09. The summed E-state index contributed by atoms with van der Waals surface area (Å²) in [7, 11) is 0. The van der Waals surface area contributed by atoms with Crippen molar-refractivity contribution in [2.45, 2.75) is 51.2 Å². The SMILES string of the molecule is C[C@@H]1C[C@H]1c1ccc(CN(Cc2nc3ccccc3c(=O)[nH]2)C2CC2)o1. The minimum atomic E-state index is -0.0654. The van der Waals surface area contributed by atoms with Crippen LogP contribution in [0.3, 0.4) is 0 Å². The van der Waals surface area contributed by atoms with Gasteiger partial charge < -0.3 is 9.40 Å². The number of para-hydroxylation sites is 1. The second-order valence-corrected chi connectivity index (χ2v) is 7.79. The van der Waals surface area contributed by atoms with Crippen molar-refractivity contribution in [2.75, 3.05) is 0 Å². The van der Waals surface area contributed by atoms with Crippen LogP contribution in [-0.4, -0.2) is 20.9 Å². The van der Waals surface area contributed by atoms with Crippen LogP contribution in [-0.2, 0) is 13.1 Å². The van der Waals surface area contributed by atoms with Gasteiger partial charge in [0.2, 0.25) is 0 Å². The van der Waals surface area contributed by atoms with Crippen LogP contribution in [0.5, 0.6) is 0 Å². The van der Waals surface area contributed by atoms with E-state index in [0.29, 0.717) is 23.9 Å². The molecule has 2 fully saturated rings. The molecule has 0 aliphatic heterocycles. The van der Waals surface area contributed by atoms with Crippen molar-refractivity contribution in [1.82, 2.24) is 14.9 Å². The molecule has 2 saturated carbocycles. The molecular formula is C21H23N3O2. The highest BCUT2D eigenvalue weighted by molar-refractivity contribution is 5.77. The first-order chi connectivity index (χ1) is 12.7. The number of rotatable bonds is 6. The van der Waals surface area contributed by atoms with Gasteiger partial charge in [-0.2, -0.15) is 0 Å². The van der Waals surface area contributed by atoms with Gasteiger partial charge in [-0.25, -0.2) is 4.98 Å². The van der Waals surface area contributed by atoms with Crippen molar-refractivity contribution >= 4 is 10.9 Å². The highest BCUT2D eigenvalue weighted by Gasteiger charge is 2.37. The van der Waals surface area contributed by atoms with E-state index >= 15 is 0 Å². The van der Waals surface area contributed by atoms with E-state index < -0.39 is 0 Å². The van der Waals surface area contributed by atoms with E-state index in [2.05, 4.69) is 33.9 Å². The summed E-state index contributed by atoms with van der Waals surface area (Å²) in [5, 5.41) is 0.642. The fraction of sp³-hybridized carbons (Fsp3) is 0.429. The zero-order valence-corrected chi connectivity index (χ0v) is 14.9. The number of nitrogens with zero attached hydrogens (tertiary/aromatic N) is 2. The Morgan fingerprint density at radius 2 is 2.00 bits per heavy atom. The molecule has 5 nitrogen and oxygen atoms in total. The molecule has 0 spiro atoms. The molecule has 0 bridgehead atoms. The van der Waals surface area contributed by atoms with Gasteiger partial charge in [-0.05, 0) is 49.4 Å². The lowest BCUT2D eigenvalue weighted by Crippen LogP contribution is -2.27. The Hall–Kier alpha value is -2.40. The molecule has 134 valence electrons. The third kappa shape index (κ3) is 3.07. The summed E-state index contributed by atoms with van der Waals surface area (Å²) in [4.78, 5) is 22.3. The quantitative estimate of drug-likeness (QED) is 0.735. The van der Waals surface area contributed by atoms with E-state index in [0.717, 1.165) is 35.3 Å². The van der Waals surface area contributed by atoms with Gasteiger partial charge in [-0.15, -0.1) is 0 Å². The molecule has 0 radical (unpaired) electrons. The van der Waals surface area contributed by atoms with Crippen molar-refractivity contribution in [3.63, 3.8) is 0 Å². The van der Waals surface area contributed by atoms with Gasteiger partial charge in [-0.3, -0.25) is 9.69 Å². The smallest absolute Gasteiger partial charge is 0.258 e. The maximum absolute atomic E-state index is 12.3. The molecule has 2 atom stereocenters. The van der Waals surface area contributed by atoms with Gasteiger partial charge in [0.25, 0.3) is 5.56 Å². The Labute approximate surface area is 152 Å². The Kier molecular flexibility index (Phi) is 3.71. The van der Waals surface area contributed by atoms with Crippen molar-refractivity contribution in [3.8, 4) is 0 Å². The summed E-state index contributed by atoms with van der Waals surface area (Å²) >= 11 is 0. The largest absolute Gasteiger partial charge is 0.464 e. The number of aromatic amines is 1. The molecule has 1 N–H and O–H groups in total. The average Bonchev–Trinajstić information content (AvgIpc) is 3.55. The van der Waals surface area contributed by atoms with E-state index in [4.69, 9.17) is 4.42 Å². The van der Waals surface area contributed by atoms with Crippen LogP contribution >= 0.6 is 0 Å². The lowest BCUT2D eigenvalue weighted by Gasteiger charge is -2.20. The molecule has 3 aromatic rings. The molecule has 0 unspecified atom stereocenters. The van der Waals surface area contributed by atoms with Crippen LogP contribution in [0, 0.1) is 5.92 Å². The molecular weight excluding hydrogens is 326 g/mol. The molecule has 2 heterocycles. The number of H-pyrrole nitrogens is 1. The normalized spacial score (nSPS) is 22.2. The van der Waals surface area contributed by atoms with Gasteiger partial charge in [0.15, 0.2) is 0 Å². The van der Waals surface area contributed by atoms with Crippen LogP contribution < -0.4 is 5.56 Å². The summed E-state index contributed by atoms with van der Waals surface area (Å²) in [5.41, 5.74) is 0.689. The first-order valence-electron chi connectivity index (χ1n) is 9.48. The molecule has 26 heavy (non-hydrogen) atoms. The molecule has 0 saturated heterocycles. The van der Waals surface area contributed by atoms with Crippen LogP contribution in [0.1, 0.15) is 49.4 Å².